The molecular weight excluding hydrogens is 292 g/mol. The monoisotopic (exact) mass is 306 g/mol. The second-order valence-corrected chi connectivity index (χ2v) is 5.15. The molecule has 2 rings (SSSR count). The van der Waals surface area contributed by atoms with E-state index in [0.29, 0.717) is 22.9 Å². The van der Waals surface area contributed by atoms with Gasteiger partial charge in [-0.25, -0.2) is 0 Å². The molecule has 0 atom stereocenters. The van der Waals surface area contributed by atoms with Gasteiger partial charge < -0.3 is 10.5 Å². The summed E-state index contributed by atoms with van der Waals surface area (Å²) in [4.78, 5) is 10.7. The summed E-state index contributed by atoms with van der Waals surface area (Å²) in [7, 11) is 0. The summed E-state index contributed by atoms with van der Waals surface area (Å²) in [5.41, 5.74) is 7.77. The molecule has 0 saturated heterocycles. The highest BCUT2D eigenvalue weighted by molar-refractivity contribution is 6.31. The van der Waals surface area contributed by atoms with Crippen molar-refractivity contribution in [3.63, 3.8) is 0 Å². The zero-order valence-electron chi connectivity index (χ0n) is 11.7. The molecule has 110 valence electrons. The van der Waals surface area contributed by atoms with Gasteiger partial charge in [-0.15, -0.1) is 0 Å². The second kappa shape index (κ2) is 6.11. The van der Waals surface area contributed by atoms with Crippen molar-refractivity contribution >= 4 is 17.3 Å². The van der Waals surface area contributed by atoms with Gasteiger partial charge >= 0.3 is 5.69 Å². The summed E-state index contributed by atoms with van der Waals surface area (Å²) >= 11 is 6.07. The summed E-state index contributed by atoms with van der Waals surface area (Å²) < 4.78 is 5.67. The Morgan fingerprint density at radius 1 is 1.29 bits per heavy atom. The van der Waals surface area contributed by atoms with Crippen LogP contribution in [0.2, 0.25) is 5.02 Å². The Morgan fingerprint density at radius 3 is 2.57 bits per heavy atom. The van der Waals surface area contributed by atoms with Gasteiger partial charge in [0, 0.05) is 17.6 Å². The zero-order chi connectivity index (χ0) is 15.6. The lowest BCUT2D eigenvalue weighted by atomic mass is 10.1. The van der Waals surface area contributed by atoms with Gasteiger partial charge in [0.25, 0.3) is 0 Å². The summed E-state index contributed by atoms with van der Waals surface area (Å²) in [5, 5.41) is 11.6. The average molecular weight is 307 g/mol. The molecule has 0 aliphatic carbocycles. The third kappa shape index (κ3) is 3.32. The second-order valence-electron chi connectivity index (χ2n) is 4.75. The van der Waals surface area contributed by atoms with Crippen molar-refractivity contribution in [2.24, 2.45) is 5.73 Å². The lowest BCUT2D eigenvalue weighted by Gasteiger charge is -2.11. The van der Waals surface area contributed by atoms with Crippen LogP contribution in [0.25, 0.3) is 0 Å². The minimum Gasteiger partial charge on any atom is -0.450 e. The van der Waals surface area contributed by atoms with E-state index in [1.165, 1.54) is 6.07 Å². The van der Waals surface area contributed by atoms with E-state index in [-0.39, 0.29) is 11.4 Å². The third-order valence-electron chi connectivity index (χ3n) is 3.06. The summed E-state index contributed by atoms with van der Waals surface area (Å²) in [6.07, 6.45) is 0. The molecule has 2 N–H and O–H groups in total. The van der Waals surface area contributed by atoms with E-state index in [9.17, 15) is 10.1 Å². The number of ether oxygens (including phenoxy) is 1. The number of rotatable bonds is 4. The van der Waals surface area contributed by atoms with Crippen molar-refractivity contribution in [1.82, 2.24) is 0 Å². The van der Waals surface area contributed by atoms with Crippen LogP contribution in [-0.2, 0) is 6.54 Å². The molecule has 0 spiro atoms. The first-order valence-corrected chi connectivity index (χ1v) is 6.72. The molecule has 0 bridgehead atoms. The van der Waals surface area contributed by atoms with Crippen molar-refractivity contribution in [1.29, 1.82) is 0 Å². The van der Waals surface area contributed by atoms with Gasteiger partial charge in [0.1, 0.15) is 5.75 Å². The molecule has 0 aliphatic rings. The first-order chi connectivity index (χ1) is 9.92. The van der Waals surface area contributed by atoms with Gasteiger partial charge in [0.2, 0.25) is 5.75 Å². The maximum atomic E-state index is 11.2. The Kier molecular flexibility index (Phi) is 4.45. The highest BCUT2D eigenvalue weighted by Gasteiger charge is 2.19. The summed E-state index contributed by atoms with van der Waals surface area (Å²) in [6, 6.07) is 8.35. The van der Waals surface area contributed by atoms with Crippen LogP contribution >= 0.6 is 11.6 Å². The average Bonchev–Trinajstić information content (AvgIpc) is 2.41. The van der Waals surface area contributed by atoms with Crippen molar-refractivity contribution in [2.75, 3.05) is 0 Å². The van der Waals surface area contributed by atoms with Gasteiger partial charge in [0.05, 0.1) is 4.92 Å². The molecule has 6 heteroatoms. The highest BCUT2D eigenvalue weighted by atomic mass is 35.5. The van der Waals surface area contributed by atoms with Crippen LogP contribution in [0.5, 0.6) is 11.5 Å². The first-order valence-electron chi connectivity index (χ1n) is 6.34. The number of nitro benzene ring substituents is 1. The molecule has 21 heavy (non-hydrogen) atoms. The van der Waals surface area contributed by atoms with Crippen LogP contribution < -0.4 is 10.5 Å². The quantitative estimate of drug-likeness (QED) is 0.681. The molecule has 0 unspecified atom stereocenters. The predicted molar refractivity (Wildman–Crippen MR) is 82.0 cm³/mol. The molecule has 5 nitrogen and oxygen atoms in total. The molecule has 0 heterocycles. The SMILES string of the molecule is Cc1cc(C)c(Oc2ccc(CN)c(Cl)c2)c([N+](=O)[O-])c1. The highest BCUT2D eigenvalue weighted by Crippen LogP contribution is 2.36. The molecule has 2 aromatic rings. The van der Waals surface area contributed by atoms with E-state index in [1.807, 2.05) is 6.07 Å². The normalized spacial score (nSPS) is 10.5. The van der Waals surface area contributed by atoms with E-state index >= 15 is 0 Å². The fraction of sp³-hybridized carbons (Fsp3) is 0.200. The van der Waals surface area contributed by atoms with Crippen LogP contribution in [0.4, 0.5) is 5.69 Å². The number of halogens is 1. The Hall–Kier alpha value is -2.11. The van der Waals surface area contributed by atoms with E-state index in [2.05, 4.69) is 0 Å². The van der Waals surface area contributed by atoms with Gasteiger partial charge in [-0.1, -0.05) is 23.7 Å². The lowest BCUT2D eigenvalue weighted by Crippen LogP contribution is -1.99. The maximum Gasteiger partial charge on any atom is 0.312 e. The van der Waals surface area contributed by atoms with Crippen LogP contribution in [0, 0.1) is 24.0 Å². The smallest absolute Gasteiger partial charge is 0.312 e. The van der Waals surface area contributed by atoms with E-state index < -0.39 is 4.92 Å². The largest absolute Gasteiger partial charge is 0.450 e. The fourth-order valence-corrected chi connectivity index (χ4v) is 2.32. The molecule has 2 aromatic carbocycles. The van der Waals surface area contributed by atoms with Gasteiger partial charge in [-0.05, 0) is 42.7 Å². The number of hydrogen-bond acceptors (Lipinski definition) is 4. The van der Waals surface area contributed by atoms with E-state index in [0.717, 1.165) is 11.1 Å². The Balaban J connectivity index is 2.44. The van der Waals surface area contributed by atoms with E-state index in [4.69, 9.17) is 22.1 Å². The summed E-state index contributed by atoms with van der Waals surface area (Å²) in [6.45, 7) is 3.89. The Labute approximate surface area is 127 Å². The molecule has 0 amide bonds. The molecule has 0 aliphatic heterocycles. The van der Waals surface area contributed by atoms with Gasteiger partial charge in [-0.3, -0.25) is 10.1 Å². The van der Waals surface area contributed by atoms with Gasteiger partial charge in [0.15, 0.2) is 0 Å². The van der Waals surface area contributed by atoms with Crippen molar-refractivity contribution in [2.45, 2.75) is 20.4 Å². The zero-order valence-corrected chi connectivity index (χ0v) is 12.5. The van der Waals surface area contributed by atoms with Gasteiger partial charge in [-0.2, -0.15) is 0 Å². The minimum absolute atomic E-state index is 0.0634. The molecule has 0 saturated carbocycles. The minimum atomic E-state index is -0.453. The number of hydrogen-bond donors (Lipinski definition) is 1. The number of nitrogens with zero attached hydrogens (tertiary/aromatic N) is 1. The molecule has 0 aromatic heterocycles. The molecule has 0 radical (unpaired) electrons. The van der Waals surface area contributed by atoms with E-state index in [1.54, 1.807) is 32.0 Å². The number of nitro groups is 1. The molecule has 0 fully saturated rings. The third-order valence-corrected chi connectivity index (χ3v) is 3.41. The van der Waals surface area contributed by atoms with Crippen LogP contribution in [0.3, 0.4) is 0 Å². The maximum absolute atomic E-state index is 11.2. The summed E-state index contributed by atoms with van der Waals surface area (Å²) in [5.74, 6) is 0.661. The first kappa shape index (κ1) is 15.3. The van der Waals surface area contributed by atoms with Crippen molar-refractivity contribution in [3.05, 3.63) is 62.2 Å². The lowest BCUT2D eigenvalue weighted by molar-refractivity contribution is -0.385. The molecular formula is C15H15ClN2O3. The standard InChI is InChI=1S/C15H15ClN2O3/c1-9-5-10(2)15(14(6-9)18(19)20)21-12-4-3-11(8-17)13(16)7-12/h3-7H,8,17H2,1-2H3. The number of nitrogens with two attached hydrogens (primary N) is 1. The van der Waals surface area contributed by atoms with Crippen molar-refractivity contribution < 1.29 is 9.66 Å². The van der Waals surface area contributed by atoms with Crippen LogP contribution in [0.15, 0.2) is 30.3 Å². The number of benzene rings is 2. The van der Waals surface area contributed by atoms with Crippen molar-refractivity contribution in [3.8, 4) is 11.5 Å². The fourth-order valence-electron chi connectivity index (χ4n) is 2.08. The topological polar surface area (TPSA) is 78.4 Å². The Morgan fingerprint density at radius 2 is 2.00 bits per heavy atom. The Bertz CT molecular complexity index is 702. The van der Waals surface area contributed by atoms with Crippen LogP contribution in [-0.4, -0.2) is 4.92 Å². The van der Waals surface area contributed by atoms with Crippen LogP contribution in [0.1, 0.15) is 16.7 Å². The predicted octanol–water partition coefficient (Wildman–Crippen LogP) is 4.12. The number of aryl methyl sites for hydroxylation is 2.